The summed E-state index contributed by atoms with van der Waals surface area (Å²) >= 11 is 0. The van der Waals surface area contributed by atoms with Gasteiger partial charge in [0.2, 0.25) is 0 Å². The number of halogens is 1. The smallest absolute Gasteiger partial charge is 0.123 e. The minimum Gasteiger partial charge on any atom is -0.496 e. The fourth-order valence-corrected chi connectivity index (χ4v) is 4.11. The van der Waals surface area contributed by atoms with Gasteiger partial charge >= 0.3 is 0 Å². The van der Waals surface area contributed by atoms with Gasteiger partial charge in [-0.15, -0.1) is 0 Å². The number of ether oxygens (including phenoxy) is 1. The summed E-state index contributed by atoms with van der Waals surface area (Å²) in [5.74, 6) is 0.661. The maximum absolute atomic E-state index is 13.3. The van der Waals surface area contributed by atoms with E-state index in [0.29, 0.717) is 0 Å². The van der Waals surface area contributed by atoms with E-state index >= 15 is 0 Å². The number of para-hydroxylation sites is 1. The molecule has 5 heteroatoms. The number of benzene rings is 2. The number of rotatable bonds is 5. The van der Waals surface area contributed by atoms with Gasteiger partial charge in [0.05, 0.1) is 19.0 Å². The van der Waals surface area contributed by atoms with E-state index in [4.69, 9.17) is 4.74 Å². The van der Waals surface area contributed by atoms with Gasteiger partial charge < -0.3 is 10.1 Å². The molecule has 2 aromatic carbocycles. The maximum atomic E-state index is 13.3. The Hall–Kier alpha value is -2.66. The predicted molar refractivity (Wildman–Crippen MR) is 108 cm³/mol. The lowest BCUT2D eigenvalue weighted by Gasteiger charge is -2.36. The Morgan fingerprint density at radius 3 is 2.68 bits per heavy atom. The molecule has 0 bridgehead atoms. The third-order valence-electron chi connectivity index (χ3n) is 5.48. The standard InChI is InChI=1S/C23H26FN3O/c1-23(2)12-20(25-14-16-6-4-5-7-22(16)28-3)19-15-26-27(21(19)13-23)18-10-8-17(24)9-11-18/h4-11,15,20,25H,12-14H2,1-3H3/t20-/m1/s1. The molecule has 0 radical (unpaired) electrons. The average molecular weight is 379 g/mol. The third kappa shape index (κ3) is 3.67. The van der Waals surface area contributed by atoms with Gasteiger partial charge in [-0.25, -0.2) is 9.07 Å². The Morgan fingerprint density at radius 1 is 1.18 bits per heavy atom. The molecule has 28 heavy (non-hydrogen) atoms. The van der Waals surface area contributed by atoms with E-state index in [1.807, 2.05) is 29.1 Å². The summed E-state index contributed by atoms with van der Waals surface area (Å²) in [6.07, 6.45) is 3.92. The minimum absolute atomic E-state index is 0.142. The first-order chi connectivity index (χ1) is 13.5. The molecule has 0 unspecified atom stereocenters. The summed E-state index contributed by atoms with van der Waals surface area (Å²) in [6, 6.07) is 14.8. The van der Waals surface area contributed by atoms with Crippen LogP contribution in [0.2, 0.25) is 0 Å². The number of fused-ring (bicyclic) bond motifs is 1. The molecule has 146 valence electrons. The fraction of sp³-hybridized carbons (Fsp3) is 0.348. The zero-order chi connectivity index (χ0) is 19.7. The highest BCUT2D eigenvalue weighted by molar-refractivity contribution is 5.38. The van der Waals surface area contributed by atoms with Crippen molar-refractivity contribution in [1.29, 1.82) is 0 Å². The van der Waals surface area contributed by atoms with Crippen LogP contribution in [0.3, 0.4) is 0 Å². The lowest BCUT2D eigenvalue weighted by molar-refractivity contribution is 0.252. The van der Waals surface area contributed by atoms with Crippen molar-refractivity contribution in [2.75, 3.05) is 7.11 Å². The Labute approximate surface area is 165 Å². The molecule has 1 aliphatic carbocycles. The van der Waals surface area contributed by atoms with Crippen LogP contribution in [0.4, 0.5) is 4.39 Å². The van der Waals surface area contributed by atoms with Gasteiger partial charge in [0, 0.05) is 29.4 Å². The summed E-state index contributed by atoms with van der Waals surface area (Å²) in [4.78, 5) is 0. The second-order valence-corrected chi connectivity index (χ2v) is 8.23. The van der Waals surface area contributed by atoms with Crippen LogP contribution in [0.25, 0.3) is 5.69 Å². The zero-order valence-electron chi connectivity index (χ0n) is 16.6. The SMILES string of the molecule is COc1ccccc1CN[C@@H]1CC(C)(C)Cc2c1cnn2-c1ccc(F)cc1. The molecular weight excluding hydrogens is 353 g/mol. The fourth-order valence-electron chi connectivity index (χ4n) is 4.11. The summed E-state index contributed by atoms with van der Waals surface area (Å²) in [5, 5.41) is 8.34. The number of nitrogens with zero attached hydrogens (tertiary/aromatic N) is 2. The molecule has 4 rings (SSSR count). The van der Waals surface area contributed by atoms with E-state index in [0.717, 1.165) is 36.4 Å². The first-order valence-corrected chi connectivity index (χ1v) is 9.65. The van der Waals surface area contributed by atoms with Crippen molar-refractivity contribution in [1.82, 2.24) is 15.1 Å². The molecule has 0 amide bonds. The molecule has 0 fully saturated rings. The third-order valence-corrected chi connectivity index (χ3v) is 5.48. The average Bonchev–Trinajstić information content (AvgIpc) is 3.09. The van der Waals surface area contributed by atoms with Crippen LogP contribution in [0.15, 0.2) is 54.7 Å². The van der Waals surface area contributed by atoms with E-state index < -0.39 is 0 Å². The van der Waals surface area contributed by atoms with Crippen LogP contribution in [0.1, 0.15) is 43.1 Å². The lowest BCUT2D eigenvalue weighted by Crippen LogP contribution is -2.33. The Kier molecular flexibility index (Phi) is 4.94. The van der Waals surface area contributed by atoms with Crippen LogP contribution >= 0.6 is 0 Å². The van der Waals surface area contributed by atoms with Crippen molar-refractivity contribution in [3.63, 3.8) is 0 Å². The molecule has 0 spiro atoms. The van der Waals surface area contributed by atoms with Gasteiger partial charge in [0.15, 0.2) is 0 Å². The normalized spacial score (nSPS) is 17.9. The second-order valence-electron chi connectivity index (χ2n) is 8.23. The minimum atomic E-state index is -0.235. The van der Waals surface area contributed by atoms with Gasteiger partial charge in [0.25, 0.3) is 0 Å². The summed E-state index contributed by atoms with van der Waals surface area (Å²) < 4.78 is 20.8. The number of aromatic nitrogens is 2. The monoisotopic (exact) mass is 379 g/mol. The highest BCUT2D eigenvalue weighted by Gasteiger charge is 2.35. The van der Waals surface area contributed by atoms with Crippen LogP contribution in [0, 0.1) is 11.2 Å². The number of hydrogen-bond acceptors (Lipinski definition) is 3. The quantitative estimate of drug-likeness (QED) is 0.691. The Balaban J connectivity index is 1.63. The number of nitrogens with one attached hydrogen (secondary N) is 1. The van der Waals surface area contributed by atoms with Crippen molar-refractivity contribution in [3.8, 4) is 11.4 Å². The summed E-state index contributed by atoms with van der Waals surface area (Å²) in [7, 11) is 1.70. The van der Waals surface area contributed by atoms with Gasteiger partial charge in [-0.05, 0) is 48.6 Å². The van der Waals surface area contributed by atoms with Crippen molar-refractivity contribution >= 4 is 0 Å². The molecule has 3 aromatic rings. The topological polar surface area (TPSA) is 39.1 Å². The Bertz CT molecular complexity index is 962. The Morgan fingerprint density at radius 2 is 1.93 bits per heavy atom. The zero-order valence-corrected chi connectivity index (χ0v) is 16.6. The lowest BCUT2D eigenvalue weighted by atomic mass is 9.74. The van der Waals surface area contributed by atoms with Gasteiger partial charge in [-0.2, -0.15) is 5.10 Å². The molecule has 1 aromatic heterocycles. The van der Waals surface area contributed by atoms with E-state index in [9.17, 15) is 4.39 Å². The highest BCUT2D eigenvalue weighted by Crippen LogP contribution is 2.41. The molecular formula is C23H26FN3O. The van der Waals surface area contributed by atoms with Gasteiger partial charge in [-0.3, -0.25) is 0 Å². The van der Waals surface area contributed by atoms with Crippen LogP contribution in [-0.2, 0) is 13.0 Å². The van der Waals surface area contributed by atoms with Crippen molar-refractivity contribution in [2.24, 2.45) is 5.41 Å². The molecule has 1 heterocycles. The van der Waals surface area contributed by atoms with Crippen molar-refractivity contribution in [3.05, 3.63) is 77.4 Å². The van der Waals surface area contributed by atoms with Crippen LogP contribution < -0.4 is 10.1 Å². The van der Waals surface area contributed by atoms with E-state index in [2.05, 4.69) is 30.3 Å². The second kappa shape index (κ2) is 7.40. The molecule has 0 saturated carbocycles. The van der Waals surface area contributed by atoms with E-state index in [1.54, 1.807) is 19.2 Å². The van der Waals surface area contributed by atoms with Gasteiger partial charge in [0.1, 0.15) is 11.6 Å². The molecule has 1 atom stereocenters. The summed E-state index contributed by atoms with van der Waals surface area (Å²) in [5.41, 5.74) is 4.59. The highest BCUT2D eigenvalue weighted by atomic mass is 19.1. The first kappa shape index (κ1) is 18.7. The summed E-state index contributed by atoms with van der Waals surface area (Å²) in [6.45, 7) is 5.30. The van der Waals surface area contributed by atoms with Crippen molar-refractivity contribution in [2.45, 2.75) is 39.3 Å². The van der Waals surface area contributed by atoms with Crippen molar-refractivity contribution < 1.29 is 9.13 Å². The molecule has 4 nitrogen and oxygen atoms in total. The predicted octanol–water partition coefficient (Wildman–Crippen LogP) is 4.82. The molecule has 1 N–H and O–H groups in total. The van der Waals surface area contributed by atoms with Crippen LogP contribution in [0.5, 0.6) is 5.75 Å². The maximum Gasteiger partial charge on any atom is 0.123 e. The molecule has 1 aliphatic rings. The molecule has 0 saturated heterocycles. The first-order valence-electron chi connectivity index (χ1n) is 9.65. The van der Waals surface area contributed by atoms with Crippen LogP contribution in [-0.4, -0.2) is 16.9 Å². The molecule has 0 aliphatic heterocycles. The van der Waals surface area contributed by atoms with Gasteiger partial charge in [-0.1, -0.05) is 32.0 Å². The number of methoxy groups -OCH3 is 1. The van der Waals surface area contributed by atoms with E-state index in [-0.39, 0.29) is 17.3 Å². The number of hydrogen-bond donors (Lipinski definition) is 1. The largest absolute Gasteiger partial charge is 0.496 e. The van der Waals surface area contributed by atoms with E-state index in [1.165, 1.54) is 23.4 Å².